The van der Waals surface area contributed by atoms with Gasteiger partial charge in [-0.25, -0.2) is 0 Å². The second-order valence-corrected chi connectivity index (χ2v) is 4.84. The van der Waals surface area contributed by atoms with E-state index in [4.69, 9.17) is 5.73 Å². The number of carbonyl (C=O) groups is 1. The Kier molecular flexibility index (Phi) is 3.21. The van der Waals surface area contributed by atoms with E-state index in [1.807, 2.05) is 36.4 Å². The minimum atomic E-state index is -0.374. The second-order valence-electron chi connectivity index (χ2n) is 4.84. The summed E-state index contributed by atoms with van der Waals surface area (Å²) in [4.78, 5) is 11.5. The number of carbonyl (C=O) groups excluding carboxylic acids is 1. The van der Waals surface area contributed by atoms with Gasteiger partial charge in [0.2, 0.25) is 5.91 Å². The number of rotatable bonds is 3. The molecule has 0 saturated heterocycles. The van der Waals surface area contributed by atoms with E-state index in [2.05, 4.69) is 24.3 Å². The number of hydrogen-bond donors (Lipinski definition) is 1. The first-order valence-corrected chi connectivity index (χ1v) is 6.60. The summed E-state index contributed by atoms with van der Waals surface area (Å²) in [6.45, 7) is 0. The minimum Gasteiger partial charge on any atom is -0.366 e. The number of primary amides is 1. The van der Waals surface area contributed by atoms with E-state index < -0.39 is 0 Å². The molecule has 0 spiro atoms. The van der Waals surface area contributed by atoms with E-state index in [0.29, 0.717) is 12.0 Å². The molecule has 2 heteroatoms. The third-order valence-corrected chi connectivity index (χ3v) is 3.54. The van der Waals surface area contributed by atoms with Crippen molar-refractivity contribution in [3.8, 4) is 0 Å². The fraction of sp³-hybridized carbons (Fsp3) is 0.0556. The van der Waals surface area contributed by atoms with E-state index in [9.17, 15) is 4.79 Å². The first-order chi connectivity index (χ1) is 9.75. The van der Waals surface area contributed by atoms with E-state index in [0.717, 1.165) is 5.56 Å². The molecule has 3 aromatic rings. The number of amides is 1. The molecular weight excluding hydrogens is 246 g/mol. The average Bonchev–Trinajstić information content (AvgIpc) is 2.48. The predicted molar refractivity (Wildman–Crippen MR) is 81.7 cm³/mol. The number of hydrogen-bond acceptors (Lipinski definition) is 1. The van der Waals surface area contributed by atoms with Gasteiger partial charge in [0, 0.05) is 5.56 Å². The molecule has 0 unspecified atom stereocenters. The van der Waals surface area contributed by atoms with Crippen molar-refractivity contribution in [2.45, 2.75) is 6.42 Å². The summed E-state index contributed by atoms with van der Waals surface area (Å²) in [5.41, 5.74) is 8.21. The molecule has 3 aromatic carbocycles. The Bertz CT molecular complexity index is 772. The Morgan fingerprint density at radius 2 is 1.45 bits per heavy atom. The maximum Gasteiger partial charge on any atom is 0.248 e. The van der Waals surface area contributed by atoms with Crippen LogP contribution in [0.25, 0.3) is 10.8 Å². The van der Waals surface area contributed by atoms with Crippen LogP contribution in [0.5, 0.6) is 0 Å². The van der Waals surface area contributed by atoms with Crippen LogP contribution in [0.4, 0.5) is 0 Å². The Morgan fingerprint density at radius 1 is 0.800 bits per heavy atom. The zero-order valence-corrected chi connectivity index (χ0v) is 11.0. The lowest BCUT2D eigenvalue weighted by molar-refractivity contribution is 0.0999. The normalized spacial score (nSPS) is 10.6. The van der Waals surface area contributed by atoms with Crippen LogP contribution in [-0.2, 0) is 6.42 Å². The second kappa shape index (κ2) is 5.17. The van der Waals surface area contributed by atoms with Gasteiger partial charge < -0.3 is 5.73 Å². The third-order valence-electron chi connectivity index (χ3n) is 3.54. The van der Waals surface area contributed by atoms with Gasteiger partial charge in [-0.15, -0.1) is 0 Å². The van der Waals surface area contributed by atoms with Crippen LogP contribution in [0.15, 0.2) is 66.7 Å². The highest BCUT2D eigenvalue weighted by atomic mass is 16.1. The van der Waals surface area contributed by atoms with Gasteiger partial charge in [-0.05, 0) is 34.4 Å². The van der Waals surface area contributed by atoms with Crippen molar-refractivity contribution in [2.75, 3.05) is 0 Å². The highest BCUT2D eigenvalue weighted by molar-refractivity contribution is 5.94. The summed E-state index contributed by atoms with van der Waals surface area (Å²) in [6.07, 6.45) is 0.709. The summed E-state index contributed by atoms with van der Waals surface area (Å²) in [7, 11) is 0. The Labute approximate surface area is 117 Å². The summed E-state index contributed by atoms with van der Waals surface area (Å²) in [6, 6.07) is 22.0. The van der Waals surface area contributed by atoms with Gasteiger partial charge >= 0.3 is 0 Å². The molecular formula is C18H15NO. The average molecular weight is 261 g/mol. The molecule has 0 saturated carbocycles. The van der Waals surface area contributed by atoms with Gasteiger partial charge in [0.1, 0.15) is 0 Å². The molecule has 0 aliphatic heterocycles. The SMILES string of the molecule is NC(=O)c1ccccc1Cc1cccc2ccccc12. The van der Waals surface area contributed by atoms with E-state index in [-0.39, 0.29) is 5.91 Å². The molecule has 0 aliphatic rings. The molecule has 0 atom stereocenters. The van der Waals surface area contributed by atoms with Crippen LogP contribution in [0.2, 0.25) is 0 Å². The van der Waals surface area contributed by atoms with Crippen molar-refractivity contribution in [1.82, 2.24) is 0 Å². The summed E-state index contributed by atoms with van der Waals surface area (Å²) in [5, 5.41) is 2.43. The summed E-state index contributed by atoms with van der Waals surface area (Å²) in [5.74, 6) is -0.374. The van der Waals surface area contributed by atoms with Gasteiger partial charge in [0.05, 0.1) is 0 Å². The van der Waals surface area contributed by atoms with E-state index >= 15 is 0 Å². The fourth-order valence-corrected chi connectivity index (χ4v) is 2.57. The van der Waals surface area contributed by atoms with Gasteiger partial charge in [-0.3, -0.25) is 4.79 Å². The number of fused-ring (bicyclic) bond motifs is 1. The molecule has 20 heavy (non-hydrogen) atoms. The smallest absolute Gasteiger partial charge is 0.248 e. The molecule has 0 heterocycles. The lowest BCUT2D eigenvalue weighted by Gasteiger charge is -2.09. The largest absolute Gasteiger partial charge is 0.366 e. The van der Waals surface area contributed by atoms with Gasteiger partial charge in [-0.1, -0.05) is 60.7 Å². The zero-order chi connectivity index (χ0) is 13.9. The minimum absolute atomic E-state index is 0.374. The fourth-order valence-electron chi connectivity index (χ4n) is 2.57. The molecule has 2 nitrogen and oxygen atoms in total. The molecule has 1 amide bonds. The van der Waals surface area contributed by atoms with Crippen LogP contribution >= 0.6 is 0 Å². The van der Waals surface area contributed by atoms with Gasteiger partial charge in [0.15, 0.2) is 0 Å². The maximum atomic E-state index is 11.5. The molecule has 2 N–H and O–H groups in total. The molecule has 98 valence electrons. The lowest BCUT2D eigenvalue weighted by atomic mass is 9.95. The standard InChI is InChI=1S/C18H15NO/c19-18(20)17-11-4-2-7-15(17)12-14-9-5-8-13-6-1-3-10-16(13)14/h1-11H,12H2,(H2,19,20). The Morgan fingerprint density at radius 3 is 2.30 bits per heavy atom. The molecule has 3 rings (SSSR count). The Hall–Kier alpha value is -2.61. The molecule has 0 bridgehead atoms. The zero-order valence-electron chi connectivity index (χ0n) is 11.0. The van der Waals surface area contributed by atoms with Crippen molar-refractivity contribution in [1.29, 1.82) is 0 Å². The van der Waals surface area contributed by atoms with E-state index in [1.165, 1.54) is 16.3 Å². The summed E-state index contributed by atoms with van der Waals surface area (Å²) >= 11 is 0. The van der Waals surface area contributed by atoms with Crippen molar-refractivity contribution in [3.05, 3.63) is 83.4 Å². The highest BCUT2D eigenvalue weighted by Crippen LogP contribution is 2.22. The number of nitrogens with two attached hydrogens (primary N) is 1. The van der Waals surface area contributed by atoms with Crippen LogP contribution < -0.4 is 5.73 Å². The van der Waals surface area contributed by atoms with Crippen molar-refractivity contribution in [3.63, 3.8) is 0 Å². The van der Waals surface area contributed by atoms with Crippen LogP contribution in [0.3, 0.4) is 0 Å². The topological polar surface area (TPSA) is 43.1 Å². The molecule has 0 aromatic heterocycles. The molecule has 0 aliphatic carbocycles. The highest BCUT2D eigenvalue weighted by Gasteiger charge is 2.09. The van der Waals surface area contributed by atoms with Crippen LogP contribution in [0, 0.1) is 0 Å². The van der Waals surface area contributed by atoms with E-state index in [1.54, 1.807) is 6.07 Å². The first kappa shape index (κ1) is 12.4. The third kappa shape index (κ3) is 2.28. The van der Waals surface area contributed by atoms with Crippen LogP contribution in [-0.4, -0.2) is 5.91 Å². The molecule has 0 radical (unpaired) electrons. The van der Waals surface area contributed by atoms with Crippen molar-refractivity contribution in [2.24, 2.45) is 5.73 Å². The first-order valence-electron chi connectivity index (χ1n) is 6.60. The quantitative estimate of drug-likeness (QED) is 0.770. The monoisotopic (exact) mass is 261 g/mol. The Balaban J connectivity index is 2.08. The van der Waals surface area contributed by atoms with Crippen molar-refractivity contribution < 1.29 is 4.79 Å². The maximum absolute atomic E-state index is 11.5. The number of benzene rings is 3. The van der Waals surface area contributed by atoms with Crippen molar-refractivity contribution >= 4 is 16.7 Å². The predicted octanol–water partition coefficient (Wildman–Crippen LogP) is 3.53. The van der Waals surface area contributed by atoms with Crippen LogP contribution in [0.1, 0.15) is 21.5 Å². The summed E-state index contributed by atoms with van der Waals surface area (Å²) < 4.78 is 0. The van der Waals surface area contributed by atoms with Gasteiger partial charge in [0.25, 0.3) is 0 Å². The lowest BCUT2D eigenvalue weighted by Crippen LogP contribution is -2.13. The van der Waals surface area contributed by atoms with Gasteiger partial charge in [-0.2, -0.15) is 0 Å². The molecule has 0 fully saturated rings.